The number of carbonyl (C=O) groups excluding carboxylic acids is 1. The van der Waals surface area contributed by atoms with Crippen LogP contribution >= 0.6 is 0 Å². The molecule has 72 valence electrons. The molecule has 0 saturated carbocycles. The van der Waals surface area contributed by atoms with Crippen molar-refractivity contribution in [3.8, 4) is 0 Å². The van der Waals surface area contributed by atoms with E-state index in [4.69, 9.17) is 0 Å². The van der Waals surface area contributed by atoms with E-state index in [1.54, 1.807) is 0 Å². The SMILES string of the molecule is COC(=O)C(C)CCC(C)(C)C. The van der Waals surface area contributed by atoms with Gasteiger partial charge in [0.25, 0.3) is 0 Å². The van der Waals surface area contributed by atoms with Crippen LogP contribution in [-0.4, -0.2) is 13.1 Å². The Hall–Kier alpha value is -0.530. The first kappa shape index (κ1) is 11.5. The highest BCUT2D eigenvalue weighted by Gasteiger charge is 2.17. The van der Waals surface area contributed by atoms with E-state index in [2.05, 4.69) is 25.5 Å². The van der Waals surface area contributed by atoms with E-state index >= 15 is 0 Å². The zero-order valence-electron chi connectivity index (χ0n) is 8.81. The molecule has 0 aromatic heterocycles. The van der Waals surface area contributed by atoms with Gasteiger partial charge in [-0.25, -0.2) is 0 Å². The van der Waals surface area contributed by atoms with Gasteiger partial charge in [0.1, 0.15) is 0 Å². The van der Waals surface area contributed by atoms with Crippen LogP contribution in [0.3, 0.4) is 0 Å². The van der Waals surface area contributed by atoms with E-state index in [1.165, 1.54) is 7.11 Å². The molecule has 0 aliphatic rings. The molecule has 0 heterocycles. The molecule has 0 N–H and O–H groups in total. The largest absolute Gasteiger partial charge is 0.469 e. The van der Waals surface area contributed by atoms with Crippen molar-refractivity contribution in [2.75, 3.05) is 7.11 Å². The molecule has 0 amide bonds. The van der Waals surface area contributed by atoms with Gasteiger partial charge in [0.05, 0.1) is 13.0 Å². The molecule has 0 spiro atoms. The van der Waals surface area contributed by atoms with Crippen molar-refractivity contribution >= 4 is 5.97 Å². The normalized spacial score (nSPS) is 14.1. The fourth-order valence-corrected chi connectivity index (χ4v) is 0.969. The van der Waals surface area contributed by atoms with Crippen LogP contribution in [0.15, 0.2) is 0 Å². The highest BCUT2D eigenvalue weighted by molar-refractivity contribution is 5.71. The summed E-state index contributed by atoms with van der Waals surface area (Å²) in [5.41, 5.74) is 0.308. The molecule has 1 unspecified atom stereocenters. The first-order valence-electron chi connectivity index (χ1n) is 4.44. The zero-order valence-corrected chi connectivity index (χ0v) is 8.81. The molecule has 0 aromatic carbocycles. The molecule has 0 saturated heterocycles. The Bertz CT molecular complexity index is 144. The van der Waals surface area contributed by atoms with E-state index in [9.17, 15) is 4.79 Å². The van der Waals surface area contributed by atoms with Gasteiger partial charge in [0.2, 0.25) is 0 Å². The molecule has 0 radical (unpaired) electrons. The van der Waals surface area contributed by atoms with Gasteiger partial charge in [-0.1, -0.05) is 27.7 Å². The zero-order chi connectivity index (χ0) is 9.78. The van der Waals surface area contributed by atoms with Gasteiger partial charge >= 0.3 is 5.97 Å². The molecule has 1 atom stereocenters. The maximum Gasteiger partial charge on any atom is 0.308 e. The van der Waals surface area contributed by atoms with E-state index in [-0.39, 0.29) is 11.9 Å². The Balaban J connectivity index is 3.72. The number of esters is 1. The number of hydrogen-bond donors (Lipinski definition) is 0. The predicted molar refractivity (Wildman–Crippen MR) is 49.9 cm³/mol. The van der Waals surface area contributed by atoms with Crippen molar-refractivity contribution in [2.45, 2.75) is 40.5 Å². The third kappa shape index (κ3) is 5.16. The standard InChI is InChI=1S/C10H20O2/c1-8(9(11)12-5)6-7-10(2,3)4/h8H,6-7H2,1-5H3. The molecule has 0 aliphatic heterocycles. The number of hydrogen-bond acceptors (Lipinski definition) is 2. The van der Waals surface area contributed by atoms with Crippen molar-refractivity contribution in [1.82, 2.24) is 0 Å². The fraction of sp³-hybridized carbons (Fsp3) is 0.900. The Morgan fingerprint density at radius 2 is 1.92 bits per heavy atom. The lowest BCUT2D eigenvalue weighted by Gasteiger charge is -2.19. The lowest BCUT2D eigenvalue weighted by molar-refractivity contribution is -0.145. The van der Waals surface area contributed by atoms with Crippen LogP contribution in [0, 0.1) is 11.3 Å². The van der Waals surface area contributed by atoms with Crippen LogP contribution in [0.5, 0.6) is 0 Å². The molecular formula is C10H20O2. The van der Waals surface area contributed by atoms with Gasteiger partial charge in [-0.3, -0.25) is 4.79 Å². The molecule has 12 heavy (non-hydrogen) atoms. The number of carbonyl (C=O) groups is 1. The van der Waals surface area contributed by atoms with Crippen molar-refractivity contribution < 1.29 is 9.53 Å². The second-order valence-electron chi connectivity index (χ2n) is 4.52. The minimum Gasteiger partial charge on any atom is -0.469 e. The van der Waals surface area contributed by atoms with Gasteiger partial charge in [0, 0.05) is 0 Å². The number of rotatable bonds is 3. The summed E-state index contributed by atoms with van der Waals surface area (Å²) in [5, 5.41) is 0. The van der Waals surface area contributed by atoms with Crippen molar-refractivity contribution in [2.24, 2.45) is 11.3 Å². The lowest BCUT2D eigenvalue weighted by Crippen LogP contribution is -2.15. The molecule has 0 aliphatic carbocycles. The van der Waals surface area contributed by atoms with Crippen LogP contribution in [0.2, 0.25) is 0 Å². The molecule has 0 aromatic rings. The third-order valence-corrected chi connectivity index (χ3v) is 1.93. The average molecular weight is 172 g/mol. The predicted octanol–water partition coefficient (Wildman–Crippen LogP) is 2.62. The number of methoxy groups -OCH3 is 1. The van der Waals surface area contributed by atoms with Crippen LogP contribution in [0.25, 0.3) is 0 Å². The minimum atomic E-state index is -0.0979. The highest BCUT2D eigenvalue weighted by Crippen LogP contribution is 2.23. The lowest BCUT2D eigenvalue weighted by atomic mass is 9.87. The minimum absolute atomic E-state index is 0.0363. The van der Waals surface area contributed by atoms with Crippen molar-refractivity contribution in [3.63, 3.8) is 0 Å². The topological polar surface area (TPSA) is 26.3 Å². The Morgan fingerprint density at radius 3 is 2.25 bits per heavy atom. The molecule has 0 fully saturated rings. The summed E-state index contributed by atoms with van der Waals surface area (Å²) >= 11 is 0. The van der Waals surface area contributed by atoms with Crippen LogP contribution in [0.4, 0.5) is 0 Å². The van der Waals surface area contributed by atoms with Crippen LogP contribution < -0.4 is 0 Å². The second kappa shape index (κ2) is 4.48. The Morgan fingerprint density at radius 1 is 1.42 bits per heavy atom. The second-order valence-corrected chi connectivity index (χ2v) is 4.52. The highest BCUT2D eigenvalue weighted by atomic mass is 16.5. The van der Waals surface area contributed by atoms with Crippen LogP contribution in [0.1, 0.15) is 40.5 Å². The molecule has 0 rings (SSSR count). The van der Waals surface area contributed by atoms with Gasteiger partial charge in [0.15, 0.2) is 0 Å². The Kier molecular flexibility index (Phi) is 4.29. The molecule has 0 bridgehead atoms. The fourth-order valence-electron chi connectivity index (χ4n) is 0.969. The van der Waals surface area contributed by atoms with Gasteiger partial charge in [-0.2, -0.15) is 0 Å². The monoisotopic (exact) mass is 172 g/mol. The molecule has 2 nitrogen and oxygen atoms in total. The first-order valence-corrected chi connectivity index (χ1v) is 4.44. The summed E-state index contributed by atoms with van der Waals surface area (Å²) in [6, 6.07) is 0. The van der Waals surface area contributed by atoms with E-state index in [1.807, 2.05) is 6.92 Å². The van der Waals surface area contributed by atoms with Gasteiger partial charge in [-0.05, 0) is 18.3 Å². The van der Waals surface area contributed by atoms with Crippen molar-refractivity contribution in [1.29, 1.82) is 0 Å². The maximum atomic E-state index is 11.0. The summed E-state index contributed by atoms with van der Waals surface area (Å²) in [6.07, 6.45) is 1.97. The third-order valence-electron chi connectivity index (χ3n) is 1.93. The van der Waals surface area contributed by atoms with Crippen LogP contribution in [-0.2, 0) is 9.53 Å². The summed E-state index contributed by atoms with van der Waals surface area (Å²) < 4.78 is 4.64. The molecular weight excluding hydrogens is 152 g/mol. The first-order chi connectivity index (χ1) is 5.37. The summed E-state index contributed by atoms with van der Waals surface area (Å²) in [5.74, 6) is -0.0616. The van der Waals surface area contributed by atoms with E-state index in [0.29, 0.717) is 5.41 Å². The summed E-state index contributed by atoms with van der Waals surface area (Å²) in [6.45, 7) is 8.45. The average Bonchev–Trinajstić information content (AvgIpc) is 1.97. The molecule has 2 heteroatoms. The van der Waals surface area contributed by atoms with E-state index < -0.39 is 0 Å². The summed E-state index contributed by atoms with van der Waals surface area (Å²) in [4.78, 5) is 11.0. The Labute approximate surface area is 75.3 Å². The quantitative estimate of drug-likeness (QED) is 0.612. The number of ether oxygens (including phenoxy) is 1. The maximum absolute atomic E-state index is 11.0. The van der Waals surface area contributed by atoms with Crippen molar-refractivity contribution in [3.05, 3.63) is 0 Å². The van der Waals surface area contributed by atoms with Gasteiger partial charge in [-0.15, -0.1) is 0 Å². The summed E-state index contributed by atoms with van der Waals surface area (Å²) in [7, 11) is 1.44. The van der Waals surface area contributed by atoms with Gasteiger partial charge < -0.3 is 4.74 Å². The smallest absolute Gasteiger partial charge is 0.308 e. The van der Waals surface area contributed by atoms with E-state index in [0.717, 1.165) is 12.8 Å².